The smallest absolute Gasteiger partial charge is 0.115 e. The zero-order valence-electron chi connectivity index (χ0n) is 16.9. The fraction of sp³-hybridized carbons (Fsp3) is 0.375. The van der Waals surface area contributed by atoms with Crippen molar-refractivity contribution in [2.45, 2.75) is 59.4 Å². The molecule has 27 heavy (non-hydrogen) atoms. The van der Waals surface area contributed by atoms with Gasteiger partial charge >= 0.3 is 0 Å². The first-order valence-electron chi connectivity index (χ1n) is 10.0. The van der Waals surface area contributed by atoms with E-state index in [-0.39, 0.29) is 6.04 Å². The highest BCUT2D eigenvalue weighted by atomic mass is 16.3. The molecular weight excluding hydrogens is 332 g/mol. The Kier molecular flexibility index (Phi) is 6.00. The second kappa shape index (κ2) is 8.43. The van der Waals surface area contributed by atoms with E-state index in [2.05, 4.69) is 55.8 Å². The van der Waals surface area contributed by atoms with Crippen LogP contribution in [0.4, 0.5) is 0 Å². The Morgan fingerprint density at radius 1 is 1.15 bits per heavy atom. The summed E-state index contributed by atoms with van der Waals surface area (Å²) in [6, 6.07) is 12.2. The largest absolute Gasteiger partial charge is 0.508 e. The van der Waals surface area contributed by atoms with Crippen LogP contribution in [-0.2, 0) is 0 Å². The average molecular weight is 363 g/mol. The summed E-state index contributed by atoms with van der Waals surface area (Å²) in [5.41, 5.74) is 5.49. The Morgan fingerprint density at radius 3 is 2.67 bits per heavy atom. The molecule has 1 N–H and O–H groups in total. The molecule has 0 spiro atoms. The number of benzene rings is 2. The Bertz CT molecular complexity index is 950. The lowest BCUT2D eigenvalue weighted by Gasteiger charge is -2.09. The zero-order valence-corrected chi connectivity index (χ0v) is 16.9. The van der Waals surface area contributed by atoms with Crippen molar-refractivity contribution < 1.29 is 5.11 Å². The van der Waals surface area contributed by atoms with Crippen molar-refractivity contribution in [3.05, 3.63) is 53.6 Å². The fourth-order valence-electron chi connectivity index (χ4n) is 3.56. The lowest BCUT2D eigenvalue weighted by molar-refractivity contribution is 0.475. The van der Waals surface area contributed by atoms with Gasteiger partial charge in [-0.3, -0.25) is 4.68 Å². The molecule has 0 saturated heterocycles. The number of para-hydroxylation sites is 1. The Hall–Kier alpha value is -2.55. The molecule has 0 amide bonds. The van der Waals surface area contributed by atoms with Crippen LogP contribution < -0.4 is 0 Å². The highest BCUT2D eigenvalue weighted by molar-refractivity contribution is 5.98. The number of nitrogens with zero attached hydrogens (tertiary/aromatic N) is 2. The third kappa shape index (κ3) is 4.08. The lowest BCUT2D eigenvalue weighted by Crippen LogP contribution is -2.03. The van der Waals surface area contributed by atoms with Crippen LogP contribution in [0, 0.1) is 6.92 Å². The zero-order chi connectivity index (χ0) is 19.4. The Morgan fingerprint density at radius 2 is 1.96 bits per heavy atom. The van der Waals surface area contributed by atoms with Crippen LogP contribution in [0.5, 0.6) is 5.75 Å². The molecule has 142 valence electrons. The number of phenolic OH excluding ortho intramolecular Hbond substituents is 1. The van der Waals surface area contributed by atoms with Crippen molar-refractivity contribution >= 4 is 17.0 Å². The molecule has 0 aliphatic carbocycles. The first-order chi connectivity index (χ1) is 13.0. The van der Waals surface area contributed by atoms with E-state index in [9.17, 15) is 5.11 Å². The summed E-state index contributed by atoms with van der Waals surface area (Å²) in [4.78, 5) is 0. The number of phenols is 1. The number of allylic oxidation sites excluding steroid dienone is 1. The topological polar surface area (TPSA) is 38.1 Å². The summed E-state index contributed by atoms with van der Waals surface area (Å²) in [5.74, 6) is 0.291. The van der Waals surface area contributed by atoms with Gasteiger partial charge in [-0.05, 0) is 57.4 Å². The summed E-state index contributed by atoms with van der Waals surface area (Å²) in [6.07, 6.45) is 9.41. The van der Waals surface area contributed by atoms with Gasteiger partial charge in [0, 0.05) is 22.6 Å². The third-order valence-corrected chi connectivity index (χ3v) is 4.99. The Balaban J connectivity index is 2.11. The van der Waals surface area contributed by atoms with E-state index in [1.54, 1.807) is 12.1 Å². The first kappa shape index (κ1) is 19.2. The molecule has 2 aromatic carbocycles. The fourth-order valence-corrected chi connectivity index (χ4v) is 3.56. The van der Waals surface area contributed by atoms with Gasteiger partial charge in [-0.1, -0.05) is 50.1 Å². The molecule has 1 heterocycles. The van der Waals surface area contributed by atoms with Gasteiger partial charge in [-0.15, -0.1) is 0 Å². The van der Waals surface area contributed by atoms with E-state index < -0.39 is 0 Å². The van der Waals surface area contributed by atoms with Crippen LogP contribution in [0.25, 0.3) is 28.2 Å². The van der Waals surface area contributed by atoms with Crippen LogP contribution >= 0.6 is 0 Å². The molecule has 0 aliphatic heterocycles. The van der Waals surface area contributed by atoms with E-state index in [1.807, 2.05) is 13.0 Å². The van der Waals surface area contributed by atoms with E-state index >= 15 is 0 Å². The van der Waals surface area contributed by atoms with Crippen LogP contribution in [0.3, 0.4) is 0 Å². The SMILES string of the molecule is CCCCCC=Cc1cccc2c(-c3ccc(O)cc3C)nn(C(C)C)c12. The third-order valence-electron chi connectivity index (χ3n) is 4.99. The molecule has 0 atom stereocenters. The molecule has 0 unspecified atom stereocenters. The maximum atomic E-state index is 9.76. The lowest BCUT2D eigenvalue weighted by atomic mass is 10.0. The van der Waals surface area contributed by atoms with Crippen LogP contribution in [-0.4, -0.2) is 14.9 Å². The van der Waals surface area contributed by atoms with Crippen molar-refractivity contribution in [1.29, 1.82) is 0 Å². The summed E-state index contributed by atoms with van der Waals surface area (Å²) in [7, 11) is 0. The van der Waals surface area contributed by atoms with Crippen LogP contribution in [0.2, 0.25) is 0 Å². The van der Waals surface area contributed by atoms with E-state index in [4.69, 9.17) is 5.10 Å². The minimum atomic E-state index is 0.272. The van der Waals surface area contributed by atoms with Gasteiger partial charge < -0.3 is 5.11 Å². The highest BCUT2D eigenvalue weighted by Gasteiger charge is 2.17. The van der Waals surface area contributed by atoms with E-state index in [0.717, 1.165) is 28.6 Å². The number of hydrogen-bond donors (Lipinski definition) is 1. The number of aromatic hydroxyl groups is 1. The van der Waals surface area contributed by atoms with Gasteiger partial charge in [0.15, 0.2) is 0 Å². The molecule has 3 nitrogen and oxygen atoms in total. The monoisotopic (exact) mass is 362 g/mol. The number of unbranched alkanes of at least 4 members (excludes halogenated alkanes) is 3. The van der Waals surface area contributed by atoms with E-state index in [0.29, 0.717) is 5.75 Å². The van der Waals surface area contributed by atoms with Gasteiger partial charge in [0.05, 0.1) is 5.52 Å². The van der Waals surface area contributed by atoms with Gasteiger partial charge in [0.2, 0.25) is 0 Å². The van der Waals surface area contributed by atoms with Crippen molar-refractivity contribution in [3.63, 3.8) is 0 Å². The number of hydrogen-bond acceptors (Lipinski definition) is 2. The summed E-state index contributed by atoms with van der Waals surface area (Å²) < 4.78 is 2.13. The standard InChI is InChI=1S/C24H30N2O/c1-5-6-7-8-9-11-19-12-10-13-22-23(25-26(17(2)3)24(19)22)21-15-14-20(27)16-18(21)4/h9-17,27H,5-8H2,1-4H3. The van der Waals surface area contributed by atoms with Crippen molar-refractivity contribution in [3.8, 4) is 17.0 Å². The van der Waals surface area contributed by atoms with Crippen molar-refractivity contribution in [1.82, 2.24) is 9.78 Å². The maximum absolute atomic E-state index is 9.76. The highest BCUT2D eigenvalue weighted by Crippen LogP contribution is 2.34. The molecule has 0 aliphatic rings. The summed E-state index contributed by atoms with van der Waals surface area (Å²) in [5, 5.41) is 15.9. The quantitative estimate of drug-likeness (QED) is 0.465. The van der Waals surface area contributed by atoms with Crippen molar-refractivity contribution in [2.24, 2.45) is 0 Å². The average Bonchev–Trinajstić information content (AvgIpc) is 3.02. The van der Waals surface area contributed by atoms with Gasteiger partial charge in [-0.2, -0.15) is 5.10 Å². The molecule has 0 bridgehead atoms. The van der Waals surface area contributed by atoms with Crippen LogP contribution in [0.15, 0.2) is 42.5 Å². The number of aryl methyl sites for hydroxylation is 1. The summed E-state index contributed by atoms with van der Waals surface area (Å²) >= 11 is 0. The van der Waals surface area contributed by atoms with Gasteiger partial charge in [-0.25, -0.2) is 0 Å². The second-order valence-corrected chi connectivity index (χ2v) is 7.53. The number of fused-ring (bicyclic) bond motifs is 1. The van der Waals surface area contributed by atoms with Crippen LogP contribution in [0.1, 0.15) is 63.6 Å². The predicted molar refractivity (Wildman–Crippen MR) is 115 cm³/mol. The molecule has 0 radical (unpaired) electrons. The summed E-state index contributed by atoms with van der Waals surface area (Å²) in [6.45, 7) is 8.59. The minimum absolute atomic E-state index is 0.272. The molecule has 0 saturated carbocycles. The van der Waals surface area contributed by atoms with Gasteiger partial charge in [0.1, 0.15) is 11.4 Å². The Labute approximate surface area is 162 Å². The predicted octanol–water partition coefficient (Wildman–Crippen LogP) is 6.89. The normalized spacial score (nSPS) is 11.9. The maximum Gasteiger partial charge on any atom is 0.115 e. The van der Waals surface area contributed by atoms with Crippen molar-refractivity contribution in [2.75, 3.05) is 0 Å². The molecule has 1 aromatic heterocycles. The molecule has 3 aromatic rings. The second-order valence-electron chi connectivity index (χ2n) is 7.53. The van der Waals surface area contributed by atoms with Gasteiger partial charge in [0.25, 0.3) is 0 Å². The number of rotatable bonds is 7. The molecule has 0 fully saturated rings. The minimum Gasteiger partial charge on any atom is -0.508 e. The molecule has 3 rings (SSSR count). The van der Waals surface area contributed by atoms with E-state index in [1.165, 1.54) is 30.3 Å². The first-order valence-corrected chi connectivity index (χ1v) is 10.0. The number of aromatic nitrogens is 2. The molecule has 3 heteroatoms. The molecular formula is C24H30N2O.